The summed E-state index contributed by atoms with van der Waals surface area (Å²) in [5, 5.41) is 7.71. The quantitative estimate of drug-likeness (QED) is 0.588. The Morgan fingerprint density at radius 1 is 1.06 bits per heavy atom. The number of likely N-dealkylation sites (tertiary alicyclic amines) is 1. The third-order valence-electron chi connectivity index (χ3n) is 6.06. The minimum Gasteiger partial charge on any atom is -0.329 e. The van der Waals surface area contributed by atoms with E-state index in [-0.39, 0.29) is 11.9 Å². The summed E-state index contributed by atoms with van der Waals surface area (Å²) in [6.45, 7) is 8.56. The van der Waals surface area contributed by atoms with Crippen molar-refractivity contribution in [2.75, 3.05) is 11.9 Å². The van der Waals surface area contributed by atoms with Crippen molar-refractivity contribution in [3.05, 3.63) is 64.5 Å². The van der Waals surface area contributed by atoms with Gasteiger partial charge in [-0.2, -0.15) is 5.10 Å². The number of aromatic nitrogens is 5. The molecule has 0 saturated carbocycles. The van der Waals surface area contributed by atoms with E-state index >= 15 is 0 Å². The lowest BCUT2D eigenvalue weighted by atomic mass is 10.0. The maximum Gasteiger partial charge on any atom is 0.247 e. The van der Waals surface area contributed by atoms with Crippen LogP contribution in [-0.2, 0) is 11.8 Å². The van der Waals surface area contributed by atoms with Gasteiger partial charge in [0.15, 0.2) is 5.82 Å². The molecule has 1 aliphatic heterocycles. The zero-order valence-electron chi connectivity index (χ0n) is 20.0. The van der Waals surface area contributed by atoms with E-state index in [4.69, 9.17) is 9.97 Å². The van der Waals surface area contributed by atoms with E-state index in [0.717, 1.165) is 53.4 Å². The molecule has 3 aromatic heterocycles. The number of amides is 1. The van der Waals surface area contributed by atoms with E-state index in [2.05, 4.69) is 15.4 Å². The first-order valence-electron chi connectivity index (χ1n) is 11.4. The van der Waals surface area contributed by atoms with Crippen LogP contribution >= 0.6 is 0 Å². The average molecular weight is 446 g/mol. The van der Waals surface area contributed by atoms with E-state index in [1.54, 1.807) is 6.08 Å². The molecule has 0 aromatic carbocycles. The molecule has 172 valence electrons. The van der Waals surface area contributed by atoms with E-state index in [9.17, 15) is 4.79 Å². The Morgan fingerprint density at radius 3 is 2.61 bits per heavy atom. The molecule has 1 atom stereocenters. The number of nitrogens with zero attached hydrogens (tertiary/aromatic N) is 6. The second-order valence-electron chi connectivity index (χ2n) is 8.63. The molecule has 1 amide bonds. The van der Waals surface area contributed by atoms with Gasteiger partial charge in [0.25, 0.3) is 0 Å². The first-order valence-corrected chi connectivity index (χ1v) is 11.4. The first-order chi connectivity index (χ1) is 15.8. The summed E-state index contributed by atoms with van der Waals surface area (Å²) in [7, 11) is 1.91. The molecule has 0 bridgehead atoms. The van der Waals surface area contributed by atoms with Gasteiger partial charge >= 0.3 is 0 Å². The van der Waals surface area contributed by atoms with Gasteiger partial charge in [-0.05, 0) is 65.2 Å². The molecule has 8 heteroatoms. The van der Waals surface area contributed by atoms with Gasteiger partial charge in [0.1, 0.15) is 11.6 Å². The van der Waals surface area contributed by atoms with E-state index < -0.39 is 0 Å². The average Bonchev–Trinajstić information content (AvgIpc) is 3.02. The molecular weight excluding hydrogens is 414 g/mol. The monoisotopic (exact) mass is 445 g/mol. The van der Waals surface area contributed by atoms with Crippen LogP contribution in [0.5, 0.6) is 0 Å². The standard InChI is InChI=1S/C25H31N7O/c1-16-9-8-11-22(26-16)28-23-15-17(2)27-25(29-23)21-10-6-7-14-32(21)24(33)13-12-20-18(3)30-31(5)19(20)4/h8-9,11-13,15,21H,6-7,10,14H2,1-5H3,(H,26,27,28,29)/b13-12+/t21-/m1/s1. The summed E-state index contributed by atoms with van der Waals surface area (Å²) in [4.78, 5) is 29.1. The summed E-state index contributed by atoms with van der Waals surface area (Å²) in [5.74, 6) is 2.06. The molecule has 0 radical (unpaired) electrons. The van der Waals surface area contributed by atoms with Gasteiger partial charge in [0.2, 0.25) is 5.91 Å². The number of carbonyl (C=O) groups is 1. The lowest BCUT2D eigenvalue weighted by molar-refractivity contribution is -0.129. The second kappa shape index (κ2) is 9.52. The minimum atomic E-state index is -0.155. The first kappa shape index (κ1) is 22.6. The Kier molecular flexibility index (Phi) is 6.53. The fraction of sp³-hybridized carbons (Fsp3) is 0.400. The van der Waals surface area contributed by atoms with Crippen LogP contribution < -0.4 is 5.32 Å². The maximum atomic E-state index is 13.2. The molecule has 1 saturated heterocycles. The third kappa shape index (κ3) is 5.10. The van der Waals surface area contributed by atoms with Crippen LogP contribution in [0.1, 0.15) is 59.5 Å². The normalized spacial score (nSPS) is 16.4. The van der Waals surface area contributed by atoms with Gasteiger partial charge in [0.05, 0.1) is 11.7 Å². The summed E-state index contributed by atoms with van der Waals surface area (Å²) < 4.78 is 1.83. The Morgan fingerprint density at radius 2 is 1.88 bits per heavy atom. The van der Waals surface area contributed by atoms with Gasteiger partial charge in [-0.3, -0.25) is 9.48 Å². The number of hydrogen-bond donors (Lipinski definition) is 1. The van der Waals surface area contributed by atoms with Crippen molar-refractivity contribution >= 4 is 23.6 Å². The molecule has 1 fully saturated rings. The van der Waals surface area contributed by atoms with Gasteiger partial charge in [-0.1, -0.05) is 6.07 Å². The summed E-state index contributed by atoms with van der Waals surface area (Å²) in [6.07, 6.45) is 6.39. The second-order valence-corrected chi connectivity index (χ2v) is 8.63. The van der Waals surface area contributed by atoms with Crippen LogP contribution in [-0.4, -0.2) is 42.1 Å². The number of nitrogens with one attached hydrogen (secondary N) is 1. The molecule has 4 rings (SSSR count). The van der Waals surface area contributed by atoms with E-state index in [1.165, 1.54) is 0 Å². The lowest BCUT2D eigenvalue weighted by Gasteiger charge is -2.34. The van der Waals surface area contributed by atoms with Crippen LogP contribution in [0.15, 0.2) is 30.3 Å². The van der Waals surface area contributed by atoms with Gasteiger partial charge in [0, 0.05) is 48.4 Å². The highest BCUT2D eigenvalue weighted by Gasteiger charge is 2.29. The third-order valence-corrected chi connectivity index (χ3v) is 6.06. The lowest BCUT2D eigenvalue weighted by Crippen LogP contribution is -2.38. The molecular formula is C25H31N7O. The smallest absolute Gasteiger partial charge is 0.247 e. The largest absolute Gasteiger partial charge is 0.329 e. The topological polar surface area (TPSA) is 88.8 Å². The van der Waals surface area contributed by atoms with Crippen LogP contribution in [0.2, 0.25) is 0 Å². The number of pyridine rings is 1. The number of hydrogen-bond acceptors (Lipinski definition) is 6. The number of aryl methyl sites for hydroxylation is 4. The Balaban J connectivity index is 1.58. The fourth-order valence-corrected chi connectivity index (χ4v) is 4.29. The van der Waals surface area contributed by atoms with Gasteiger partial charge in [-0.15, -0.1) is 0 Å². The number of rotatable bonds is 5. The summed E-state index contributed by atoms with van der Waals surface area (Å²) in [6, 6.07) is 7.57. The van der Waals surface area contributed by atoms with Crippen LogP contribution in [0.3, 0.4) is 0 Å². The highest BCUT2D eigenvalue weighted by atomic mass is 16.2. The van der Waals surface area contributed by atoms with E-state index in [1.807, 2.05) is 74.7 Å². The number of piperidine rings is 1. The van der Waals surface area contributed by atoms with Gasteiger partial charge in [-0.25, -0.2) is 15.0 Å². The summed E-state index contributed by atoms with van der Waals surface area (Å²) in [5.41, 5.74) is 4.72. The predicted octanol–water partition coefficient (Wildman–Crippen LogP) is 4.35. The van der Waals surface area contributed by atoms with Crippen molar-refractivity contribution in [2.45, 2.75) is 53.0 Å². The van der Waals surface area contributed by atoms with Crippen molar-refractivity contribution in [1.29, 1.82) is 0 Å². The van der Waals surface area contributed by atoms with Gasteiger partial charge < -0.3 is 10.2 Å². The predicted molar refractivity (Wildman–Crippen MR) is 129 cm³/mol. The Bertz CT molecular complexity index is 1200. The highest BCUT2D eigenvalue weighted by Crippen LogP contribution is 2.30. The molecule has 0 unspecified atom stereocenters. The molecule has 3 aromatic rings. The Labute approximate surface area is 194 Å². The minimum absolute atomic E-state index is 0.0256. The van der Waals surface area contributed by atoms with Crippen LogP contribution in [0.4, 0.5) is 11.6 Å². The molecule has 1 aliphatic rings. The van der Waals surface area contributed by atoms with Crippen LogP contribution in [0.25, 0.3) is 6.08 Å². The van der Waals surface area contributed by atoms with Crippen molar-refractivity contribution in [1.82, 2.24) is 29.6 Å². The maximum absolute atomic E-state index is 13.2. The zero-order chi connectivity index (χ0) is 23.5. The van der Waals surface area contributed by atoms with Crippen molar-refractivity contribution in [2.24, 2.45) is 7.05 Å². The Hall–Kier alpha value is -3.55. The molecule has 0 spiro atoms. The fourth-order valence-electron chi connectivity index (χ4n) is 4.29. The molecule has 4 heterocycles. The van der Waals surface area contributed by atoms with Crippen molar-refractivity contribution in [3.8, 4) is 0 Å². The van der Waals surface area contributed by atoms with Crippen molar-refractivity contribution in [3.63, 3.8) is 0 Å². The molecule has 33 heavy (non-hydrogen) atoms. The van der Waals surface area contributed by atoms with Crippen LogP contribution in [0, 0.1) is 27.7 Å². The number of anilines is 2. The zero-order valence-corrected chi connectivity index (χ0v) is 20.0. The summed E-state index contributed by atoms with van der Waals surface area (Å²) >= 11 is 0. The van der Waals surface area contributed by atoms with Crippen molar-refractivity contribution < 1.29 is 4.79 Å². The SMILES string of the molecule is Cc1cccc(Nc2cc(C)nc([C@H]3CCCCN3C(=O)/C=C/c3c(C)nn(C)c3C)n2)n1. The highest BCUT2D eigenvalue weighted by molar-refractivity contribution is 5.92. The van der Waals surface area contributed by atoms with E-state index in [0.29, 0.717) is 18.2 Å². The number of carbonyl (C=O) groups excluding carboxylic acids is 1. The molecule has 1 N–H and O–H groups in total. The molecule has 8 nitrogen and oxygen atoms in total. The molecule has 0 aliphatic carbocycles.